The number of carbonyl (C=O) groups is 1. The van der Waals surface area contributed by atoms with Crippen molar-refractivity contribution < 1.29 is 14.1 Å². The minimum atomic E-state index is -0.0753. The highest BCUT2D eigenvalue weighted by Crippen LogP contribution is 2.49. The van der Waals surface area contributed by atoms with E-state index in [-0.39, 0.29) is 17.2 Å². The van der Waals surface area contributed by atoms with Crippen molar-refractivity contribution in [2.45, 2.75) is 25.7 Å². The number of benzene rings is 1. The van der Waals surface area contributed by atoms with E-state index in [1.54, 1.807) is 12.1 Å². The molecule has 25 heavy (non-hydrogen) atoms. The fraction of sp³-hybridized carbons (Fsp3) is 0.500. The monoisotopic (exact) mass is 361 g/mol. The van der Waals surface area contributed by atoms with Gasteiger partial charge in [0.1, 0.15) is 0 Å². The molecular formula is C18H20ClN3O3. The summed E-state index contributed by atoms with van der Waals surface area (Å²) in [7, 11) is 0. The molecule has 2 saturated heterocycles. The van der Waals surface area contributed by atoms with E-state index in [1.165, 1.54) is 0 Å². The van der Waals surface area contributed by atoms with Crippen LogP contribution in [-0.4, -0.2) is 47.3 Å². The van der Waals surface area contributed by atoms with Crippen molar-refractivity contribution in [1.29, 1.82) is 0 Å². The van der Waals surface area contributed by atoms with Crippen molar-refractivity contribution in [1.82, 2.24) is 15.0 Å². The Morgan fingerprint density at radius 1 is 1.32 bits per heavy atom. The molecule has 132 valence electrons. The van der Waals surface area contributed by atoms with E-state index >= 15 is 0 Å². The second-order valence-corrected chi connectivity index (χ2v) is 7.28. The predicted octanol–water partition coefficient (Wildman–Crippen LogP) is 3.07. The highest BCUT2D eigenvalue weighted by molar-refractivity contribution is 6.33. The van der Waals surface area contributed by atoms with E-state index in [2.05, 4.69) is 10.1 Å². The standard InChI is InChI=1S/C18H20ClN3O3/c1-12-20-16(25-21-12)14-10-22(11-18(14)6-8-24-9-7-18)17(23)13-4-2-3-5-15(13)19/h2-5,14H,6-11H2,1H3. The van der Waals surface area contributed by atoms with Crippen LogP contribution in [0.1, 0.15) is 40.8 Å². The van der Waals surface area contributed by atoms with E-state index in [9.17, 15) is 4.79 Å². The number of nitrogens with zero attached hydrogens (tertiary/aromatic N) is 3. The molecule has 0 aliphatic carbocycles. The van der Waals surface area contributed by atoms with Crippen LogP contribution in [0.15, 0.2) is 28.8 Å². The summed E-state index contributed by atoms with van der Waals surface area (Å²) >= 11 is 6.22. The summed E-state index contributed by atoms with van der Waals surface area (Å²) in [5.74, 6) is 1.22. The van der Waals surface area contributed by atoms with Gasteiger partial charge in [-0.2, -0.15) is 4.98 Å². The number of amides is 1. The van der Waals surface area contributed by atoms with Crippen LogP contribution in [0.25, 0.3) is 0 Å². The number of halogens is 1. The fourth-order valence-corrected chi connectivity index (χ4v) is 4.22. The quantitative estimate of drug-likeness (QED) is 0.822. The minimum absolute atomic E-state index is 0.0315. The van der Waals surface area contributed by atoms with Gasteiger partial charge in [-0.05, 0) is 31.9 Å². The molecule has 2 aliphatic rings. The molecule has 1 aromatic carbocycles. The Bertz CT molecular complexity index is 785. The number of aromatic nitrogens is 2. The summed E-state index contributed by atoms with van der Waals surface area (Å²) in [6, 6.07) is 7.17. The third kappa shape index (κ3) is 2.93. The molecule has 0 radical (unpaired) electrons. The van der Waals surface area contributed by atoms with Gasteiger partial charge >= 0.3 is 0 Å². The number of ether oxygens (including phenoxy) is 1. The van der Waals surface area contributed by atoms with Gasteiger partial charge in [0.25, 0.3) is 5.91 Å². The van der Waals surface area contributed by atoms with Gasteiger partial charge in [0.05, 0.1) is 16.5 Å². The molecule has 3 heterocycles. The number of aryl methyl sites for hydroxylation is 1. The van der Waals surface area contributed by atoms with Gasteiger partial charge in [-0.3, -0.25) is 4.79 Å². The maximum Gasteiger partial charge on any atom is 0.255 e. The van der Waals surface area contributed by atoms with Crippen molar-refractivity contribution >= 4 is 17.5 Å². The first-order valence-electron chi connectivity index (χ1n) is 8.51. The first-order chi connectivity index (χ1) is 12.1. The number of likely N-dealkylation sites (tertiary alicyclic amines) is 1. The normalized spacial score (nSPS) is 22.5. The molecule has 2 fully saturated rings. The summed E-state index contributed by atoms with van der Waals surface area (Å²) in [5, 5.41) is 4.42. The Hall–Kier alpha value is -1.92. The van der Waals surface area contributed by atoms with Crippen LogP contribution in [0.5, 0.6) is 0 Å². The van der Waals surface area contributed by atoms with Gasteiger partial charge in [-0.15, -0.1) is 0 Å². The summed E-state index contributed by atoms with van der Waals surface area (Å²) in [6.07, 6.45) is 1.76. The molecule has 2 aliphatic heterocycles. The molecule has 6 nitrogen and oxygen atoms in total. The van der Waals surface area contributed by atoms with Gasteiger partial charge in [0, 0.05) is 31.7 Å². The summed E-state index contributed by atoms with van der Waals surface area (Å²) in [5.41, 5.74) is 0.461. The van der Waals surface area contributed by atoms with Crippen LogP contribution in [0.2, 0.25) is 5.02 Å². The smallest absolute Gasteiger partial charge is 0.255 e. The van der Waals surface area contributed by atoms with E-state index in [1.807, 2.05) is 24.0 Å². The van der Waals surface area contributed by atoms with Gasteiger partial charge in [-0.1, -0.05) is 28.9 Å². The van der Waals surface area contributed by atoms with E-state index in [0.29, 0.717) is 48.6 Å². The number of rotatable bonds is 2. The summed E-state index contributed by atoms with van der Waals surface area (Å²) in [4.78, 5) is 19.3. The van der Waals surface area contributed by atoms with Crippen LogP contribution in [0.3, 0.4) is 0 Å². The maximum atomic E-state index is 13.0. The highest BCUT2D eigenvalue weighted by atomic mass is 35.5. The van der Waals surface area contributed by atoms with Crippen molar-refractivity contribution in [3.63, 3.8) is 0 Å². The number of hydrogen-bond acceptors (Lipinski definition) is 5. The Labute approximate surface area is 151 Å². The SMILES string of the molecule is Cc1noc(C2CN(C(=O)c3ccccc3Cl)CC23CCOCC3)n1. The lowest BCUT2D eigenvalue weighted by Gasteiger charge is -2.36. The average molecular weight is 362 g/mol. The Kier molecular flexibility index (Phi) is 4.25. The van der Waals surface area contributed by atoms with Gasteiger partial charge < -0.3 is 14.2 Å². The molecule has 1 atom stereocenters. The summed E-state index contributed by atoms with van der Waals surface area (Å²) in [6.45, 7) is 4.42. The van der Waals surface area contributed by atoms with Crippen molar-refractivity contribution in [3.05, 3.63) is 46.6 Å². The molecule has 0 bridgehead atoms. The molecule has 1 aromatic heterocycles. The van der Waals surface area contributed by atoms with Crippen molar-refractivity contribution in [2.75, 3.05) is 26.3 Å². The molecule has 0 saturated carbocycles. The second kappa shape index (κ2) is 6.42. The second-order valence-electron chi connectivity index (χ2n) is 6.87. The van der Waals surface area contributed by atoms with E-state index in [4.69, 9.17) is 20.9 Å². The van der Waals surface area contributed by atoms with Crippen molar-refractivity contribution in [2.24, 2.45) is 5.41 Å². The Morgan fingerprint density at radius 3 is 2.76 bits per heavy atom. The van der Waals surface area contributed by atoms with Gasteiger partial charge in [0.15, 0.2) is 5.82 Å². The third-order valence-electron chi connectivity index (χ3n) is 5.37. The minimum Gasteiger partial charge on any atom is -0.381 e. The van der Waals surface area contributed by atoms with Crippen molar-refractivity contribution in [3.8, 4) is 0 Å². The Morgan fingerprint density at radius 2 is 2.08 bits per heavy atom. The third-order valence-corrected chi connectivity index (χ3v) is 5.70. The highest BCUT2D eigenvalue weighted by Gasteiger charge is 2.51. The molecule has 7 heteroatoms. The first-order valence-corrected chi connectivity index (χ1v) is 8.89. The van der Waals surface area contributed by atoms with Gasteiger partial charge in [0.2, 0.25) is 5.89 Å². The largest absolute Gasteiger partial charge is 0.381 e. The van der Waals surface area contributed by atoms with E-state index in [0.717, 1.165) is 12.8 Å². The molecule has 0 N–H and O–H groups in total. The average Bonchev–Trinajstić information content (AvgIpc) is 3.19. The van der Waals surface area contributed by atoms with Crippen LogP contribution >= 0.6 is 11.6 Å². The lowest BCUT2D eigenvalue weighted by atomic mass is 9.72. The molecule has 2 aromatic rings. The zero-order valence-corrected chi connectivity index (χ0v) is 14.8. The fourth-order valence-electron chi connectivity index (χ4n) is 4.01. The molecular weight excluding hydrogens is 342 g/mol. The number of hydrogen-bond donors (Lipinski definition) is 0. The lowest BCUT2D eigenvalue weighted by Crippen LogP contribution is -2.37. The molecule has 1 amide bonds. The zero-order chi connectivity index (χ0) is 17.4. The topological polar surface area (TPSA) is 68.5 Å². The number of carbonyl (C=O) groups excluding carboxylic acids is 1. The maximum absolute atomic E-state index is 13.0. The molecule has 4 rings (SSSR count). The first kappa shape index (κ1) is 16.5. The zero-order valence-electron chi connectivity index (χ0n) is 14.1. The predicted molar refractivity (Wildman–Crippen MR) is 91.6 cm³/mol. The van der Waals surface area contributed by atoms with Crippen LogP contribution in [0, 0.1) is 12.3 Å². The lowest BCUT2D eigenvalue weighted by molar-refractivity contribution is 0.00836. The van der Waals surface area contributed by atoms with Crippen LogP contribution in [-0.2, 0) is 4.74 Å². The molecule has 1 spiro atoms. The van der Waals surface area contributed by atoms with E-state index < -0.39 is 0 Å². The van der Waals surface area contributed by atoms with Crippen LogP contribution < -0.4 is 0 Å². The van der Waals surface area contributed by atoms with Crippen LogP contribution in [0.4, 0.5) is 0 Å². The Balaban J connectivity index is 1.66. The summed E-state index contributed by atoms with van der Waals surface area (Å²) < 4.78 is 11.0. The molecule has 1 unspecified atom stereocenters. The van der Waals surface area contributed by atoms with Gasteiger partial charge in [-0.25, -0.2) is 0 Å².